The van der Waals surface area contributed by atoms with Crippen molar-refractivity contribution in [2.24, 2.45) is 0 Å². The first kappa shape index (κ1) is 30.2. The summed E-state index contributed by atoms with van der Waals surface area (Å²) in [6.07, 6.45) is 0. The van der Waals surface area contributed by atoms with Gasteiger partial charge in [0.2, 0.25) is 0 Å². The van der Waals surface area contributed by atoms with E-state index in [4.69, 9.17) is 0 Å². The van der Waals surface area contributed by atoms with Gasteiger partial charge in [0.05, 0.1) is 0 Å². The summed E-state index contributed by atoms with van der Waals surface area (Å²) in [6.45, 7) is 17.2. The van der Waals surface area contributed by atoms with Gasteiger partial charge in [-0.15, -0.1) is 0 Å². The van der Waals surface area contributed by atoms with Crippen LogP contribution in [0.25, 0.3) is 0 Å². The van der Waals surface area contributed by atoms with Gasteiger partial charge in [-0.1, -0.05) is 54.6 Å². The van der Waals surface area contributed by atoms with E-state index in [-0.39, 0.29) is 47.2 Å². The Morgan fingerprint density at radius 1 is 0.682 bits per heavy atom. The molecule has 0 bridgehead atoms. The van der Waals surface area contributed by atoms with Crippen LogP contribution in [0.5, 0.6) is 0 Å². The molecule has 0 aliphatic carbocycles. The molecule has 2 radical (unpaired) electrons. The summed E-state index contributed by atoms with van der Waals surface area (Å²) in [5.41, 5.74) is 8.37. The molecule has 0 aliphatic rings. The van der Waals surface area contributed by atoms with E-state index >= 15 is 0 Å². The minimum absolute atomic E-state index is 0. The Bertz CT molecular complexity index is 404. The quantitative estimate of drug-likeness (QED) is 0.312. The maximum absolute atomic E-state index is 2.21. The average molecular weight is 525 g/mol. The van der Waals surface area contributed by atoms with Crippen LogP contribution in [0.1, 0.15) is 33.4 Å². The molecule has 0 unspecified atom stereocenters. The molecular weight excluding hydrogens is 496 g/mol. The molecule has 0 N–H and O–H groups in total. The van der Waals surface area contributed by atoms with E-state index in [2.05, 4.69) is 78.9 Å². The van der Waals surface area contributed by atoms with Crippen molar-refractivity contribution in [1.82, 2.24) is 0 Å². The molecule has 126 valence electrons. The number of aryl methyl sites for hydroxylation is 6. The summed E-state index contributed by atoms with van der Waals surface area (Å²) >= 11 is 0. The molecule has 0 saturated carbocycles. The summed E-state index contributed by atoms with van der Waals surface area (Å²) in [5, 5.41) is 0. The zero-order chi connectivity index (χ0) is 15.0. The van der Waals surface area contributed by atoms with Crippen LogP contribution in [-0.4, -0.2) is 9.52 Å². The van der Waals surface area contributed by atoms with Gasteiger partial charge in [0, 0.05) is 9.52 Å². The Morgan fingerprint density at radius 2 is 0.909 bits per heavy atom. The van der Waals surface area contributed by atoms with Crippen molar-refractivity contribution in [3.63, 3.8) is 0 Å². The van der Waals surface area contributed by atoms with E-state index in [9.17, 15) is 0 Å². The molecule has 4 heteroatoms. The molecule has 0 heterocycles. The average Bonchev–Trinajstić information content (AvgIpc) is 2.72. The van der Waals surface area contributed by atoms with Crippen LogP contribution in [-0.2, 0) is 22.4 Å². The molecule has 0 aromatic heterocycles. The van der Waals surface area contributed by atoms with Crippen molar-refractivity contribution >= 4 is 9.52 Å². The largest absolute Gasteiger partial charge is 2.00 e. The van der Waals surface area contributed by atoms with Gasteiger partial charge in [0.15, 0.2) is 0 Å². The number of hydrogen-bond donors (Lipinski definition) is 0. The molecule has 2 rings (SSSR count). The fraction of sp³-hybridized carbons (Fsp3) is 0.444. The third-order valence-corrected chi connectivity index (χ3v) is 3.02. The van der Waals surface area contributed by atoms with Gasteiger partial charge >= 0.3 is 22.4 Å². The predicted octanol–water partition coefficient (Wildman–Crippen LogP) is -0.814. The van der Waals surface area contributed by atoms with Gasteiger partial charge in [-0.25, -0.2) is 12.1 Å². The Balaban J connectivity index is -0.000000112. The molecular formula is C18H29Cl2SiTa-2. The van der Waals surface area contributed by atoms with Gasteiger partial charge in [-0.05, 0) is 0 Å². The SMILES string of the molecule is C[SiH]C.Cc1cc(C)c(C)[cH-]1.Cc1cc(C)c(C)[cH-]1.[Cl-].[Cl-].[Ta+2]. The van der Waals surface area contributed by atoms with Crippen LogP contribution in [0.3, 0.4) is 0 Å². The fourth-order valence-electron chi connectivity index (χ4n) is 1.90. The maximum Gasteiger partial charge on any atom is 2.00 e. The minimum Gasteiger partial charge on any atom is -1.00 e. The van der Waals surface area contributed by atoms with E-state index in [0.717, 1.165) is 9.52 Å². The Hall–Kier alpha value is 0.237. The Morgan fingerprint density at radius 3 is 0.955 bits per heavy atom. The number of rotatable bonds is 0. The smallest absolute Gasteiger partial charge is 1.00 e. The van der Waals surface area contributed by atoms with Crippen LogP contribution in [0.4, 0.5) is 0 Å². The maximum atomic E-state index is 2.21. The van der Waals surface area contributed by atoms with Crippen molar-refractivity contribution in [3.05, 3.63) is 57.6 Å². The number of halogens is 2. The summed E-state index contributed by atoms with van der Waals surface area (Å²) in [5.74, 6) is 0. The molecule has 0 aliphatic heterocycles. The molecule has 22 heavy (non-hydrogen) atoms. The van der Waals surface area contributed by atoms with Crippen LogP contribution in [0.15, 0.2) is 24.3 Å². The zero-order valence-electron chi connectivity index (χ0n) is 15.1. The van der Waals surface area contributed by atoms with E-state index in [1.54, 1.807) is 0 Å². The molecule has 0 atom stereocenters. The second kappa shape index (κ2) is 16.1. The summed E-state index contributed by atoms with van der Waals surface area (Å²) < 4.78 is 0. The molecule has 2 aromatic rings. The first-order valence-corrected chi connectivity index (χ1v) is 9.27. The first-order valence-electron chi connectivity index (χ1n) is 6.96. The molecule has 0 saturated heterocycles. The van der Waals surface area contributed by atoms with E-state index in [0.29, 0.717) is 0 Å². The van der Waals surface area contributed by atoms with E-state index in [1.807, 2.05) is 0 Å². The standard InChI is InChI=1S/2C8H11.C2H7Si.2ClH.Ta/c2*1-6-4-7(2)8(3)5-6;1-3-2;;;/h2*4-5H,1-3H3;3H,1-2H3;2*1H;/q2*-1;;;;+2/p-2. The minimum atomic E-state index is 0. The van der Waals surface area contributed by atoms with Crippen molar-refractivity contribution in [2.45, 2.75) is 54.6 Å². The number of hydrogen-bond acceptors (Lipinski definition) is 0. The van der Waals surface area contributed by atoms with E-state index in [1.165, 1.54) is 33.4 Å². The third-order valence-electron chi connectivity index (χ3n) is 3.02. The monoisotopic (exact) mass is 524 g/mol. The fourth-order valence-corrected chi connectivity index (χ4v) is 1.90. The van der Waals surface area contributed by atoms with Crippen molar-refractivity contribution in [1.29, 1.82) is 0 Å². The Kier molecular flexibility index (Phi) is 22.1. The van der Waals surface area contributed by atoms with Crippen molar-refractivity contribution in [2.75, 3.05) is 0 Å². The van der Waals surface area contributed by atoms with Crippen LogP contribution < -0.4 is 24.8 Å². The summed E-state index contributed by atoms with van der Waals surface area (Å²) in [7, 11) is 0.750. The van der Waals surface area contributed by atoms with Crippen molar-refractivity contribution in [3.8, 4) is 0 Å². The van der Waals surface area contributed by atoms with Gasteiger partial charge < -0.3 is 24.8 Å². The van der Waals surface area contributed by atoms with Crippen LogP contribution in [0.2, 0.25) is 13.1 Å². The van der Waals surface area contributed by atoms with Crippen LogP contribution in [0, 0.1) is 41.5 Å². The zero-order valence-corrected chi connectivity index (χ0v) is 21.0. The first-order chi connectivity index (χ1) is 8.81. The molecule has 0 amide bonds. The summed E-state index contributed by atoms with van der Waals surface area (Å²) in [6, 6.07) is 8.81. The molecule has 0 spiro atoms. The van der Waals surface area contributed by atoms with Gasteiger partial charge in [-0.3, -0.25) is 0 Å². The summed E-state index contributed by atoms with van der Waals surface area (Å²) in [4.78, 5) is 0. The molecule has 0 nitrogen and oxygen atoms in total. The molecule has 2 aromatic carbocycles. The van der Waals surface area contributed by atoms with E-state index < -0.39 is 0 Å². The predicted molar refractivity (Wildman–Crippen MR) is 91.4 cm³/mol. The normalized spacial score (nSPS) is 8.00. The van der Waals surface area contributed by atoms with Crippen LogP contribution >= 0.6 is 0 Å². The second-order valence-electron chi connectivity index (χ2n) is 5.37. The molecule has 0 fully saturated rings. The van der Waals surface area contributed by atoms with Gasteiger partial charge in [0.25, 0.3) is 0 Å². The van der Waals surface area contributed by atoms with Gasteiger partial charge in [0.1, 0.15) is 0 Å². The second-order valence-corrected chi connectivity index (χ2v) is 6.53. The Labute approximate surface area is 168 Å². The van der Waals surface area contributed by atoms with Gasteiger partial charge in [-0.2, -0.15) is 45.5 Å². The van der Waals surface area contributed by atoms with Crippen molar-refractivity contribution < 1.29 is 47.2 Å². The topological polar surface area (TPSA) is 0 Å². The third kappa shape index (κ3) is 12.7.